The number of halogens is 1. The summed E-state index contributed by atoms with van der Waals surface area (Å²) in [4.78, 5) is 33.5. The fourth-order valence-electron chi connectivity index (χ4n) is 3.10. The van der Waals surface area contributed by atoms with E-state index in [0.717, 1.165) is 0 Å². The van der Waals surface area contributed by atoms with Crippen LogP contribution < -0.4 is 20.9 Å². The molecule has 0 bridgehead atoms. The molecule has 2 N–H and O–H groups in total. The van der Waals surface area contributed by atoms with E-state index in [1.165, 1.54) is 10.6 Å². The third-order valence-electron chi connectivity index (χ3n) is 4.58. The number of benzene rings is 2. The van der Waals surface area contributed by atoms with Crippen LogP contribution in [0, 0.1) is 0 Å². The third-order valence-corrected chi connectivity index (χ3v) is 4.82. The van der Waals surface area contributed by atoms with Crippen molar-refractivity contribution in [2.75, 3.05) is 10.6 Å². The molecule has 0 aliphatic rings. The molecule has 9 nitrogen and oxygen atoms in total. The first-order valence-electron chi connectivity index (χ1n) is 9.92. The van der Waals surface area contributed by atoms with Gasteiger partial charge in [-0.25, -0.2) is 9.78 Å². The second kappa shape index (κ2) is 9.11. The van der Waals surface area contributed by atoms with Gasteiger partial charge in [0.15, 0.2) is 0 Å². The Morgan fingerprint density at radius 3 is 2.66 bits per heavy atom. The summed E-state index contributed by atoms with van der Waals surface area (Å²) < 4.78 is 8.97. The molecule has 0 atom stereocenters. The fourth-order valence-corrected chi connectivity index (χ4v) is 3.27. The van der Waals surface area contributed by atoms with Gasteiger partial charge in [-0.15, -0.1) is 0 Å². The summed E-state index contributed by atoms with van der Waals surface area (Å²) in [6, 6.07) is 14.9. The number of ether oxygens (including phenoxy) is 1. The summed E-state index contributed by atoms with van der Waals surface area (Å²) in [6.45, 7) is 3.91. The third kappa shape index (κ3) is 4.73. The molecule has 0 aliphatic heterocycles. The lowest BCUT2D eigenvalue weighted by Gasteiger charge is -2.14. The maximum atomic E-state index is 12.6. The molecule has 2 heterocycles. The highest BCUT2D eigenvalue weighted by Crippen LogP contribution is 2.29. The quantitative estimate of drug-likeness (QED) is 0.452. The van der Waals surface area contributed by atoms with Gasteiger partial charge >= 0.3 is 6.03 Å². The Balaban J connectivity index is 1.51. The number of rotatable bonds is 6. The zero-order valence-electron chi connectivity index (χ0n) is 17.4. The molecule has 0 saturated carbocycles. The van der Waals surface area contributed by atoms with Crippen LogP contribution in [0.5, 0.6) is 5.75 Å². The van der Waals surface area contributed by atoms with Crippen molar-refractivity contribution < 1.29 is 9.53 Å². The molecule has 164 valence electrons. The van der Waals surface area contributed by atoms with Crippen LogP contribution in [-0.4, -0.2) is 25.2 Å². The van der Waals surface area contributed by atoms with Gasteiger partial charge in [0, 0.05) is 22.8 Å². The van der Waals surface area contributed by atoms with Crippen LogP contribution in [0.1, 0.15) is 25.6 Å². The second-order valence-corrected chi connectivity index (χ2v) is 7.73. The van der Waals surface area contributed by atoms with Crippen LogP contribution in [0.2, 0.25) is 5.02 Å². The van der Waals surface area contributed by atoms with E-state index in [-0.39, 0.29) is 18.2 Å². The predicted molar refractivity (Wildman–Crippen MR) is 122 cm³/mol. The molecule has 0 unspecified atom stereocenters. The highest BCUT2D eigenvalue weighted by Gasteiger charge is 2.13. The minimum Gasteiger partial charge on any atom is -0.485 e. The summed E-state index contributed by atoms with van der Waals surface area (Å²) in [5, 5.41) is 5.90. The smallest absolute Gasteiger partial charge is 0.323 e. The largest absolute Gasteiger partial charge is 0.485 e. The molecule has 4 rings (SSSR count). The van der Waals surface area contributed by atoms with Crippen molar-refractivity contribution in [3.8, 4) is 5.75 Å². The van der Waals surface area contributed by atoms with E-state index >= 15 is 0 Å². The van der Waals surface area contributed by atoms with Crippen molar-refractivity contribution >= 4 is 34.8 Å². The summed E-state index contributed by atoms with van der Waals surface area (Å²) in [5.74, 6) is 0.675. The summed E-state index contributed by atoms with van der Waals surface area (Å²) in [6.07, 6.45) is 1.58. The standard InChI is InChI=1S/C22H21ClN6O3/c1-14(2)28-13-24-21-25-17(11-20(30)29(21)28)12-32-19-9-8-15(23)10-18(19)27-22(31)26-16-6-4-3-5-7-16/h3-11,13-14H,12H2,1-2H3,(H2,26,27,31). The van der Waals surface area contributed by atoms with Crippen LogP contribution in [0.25, 0.3) is 5.78 Å². The summed E-state index contributed by atoms with van der Waals surface area (Å²) in [7, 11) is 0. The summed E-state index contributed by atoms with van der Waals surface area (Å²) >= 11 is 6.10. The van der Waals surface area contributed by atoms with Crippen LogP contribution in [-0.2, 0) is 6.61 Å². The lowest BCUT2D eigenvalue weighted by Crippen LogP contribution is -2.23. The van der Waals surface area contributed by atoms with Gasteiger partial charge in [-0.05, 0) is 44.2 Å². The fraction of sp³-hybridized carbons (Fsp3) is 0.182. The van der Waals surface area contributed by atoms with Gasteiger partial charge in [0.05, 0.1) is 11.4 Å². The number of amides is 2. The van der Waals surface area contributed by atoms with Crippen LogP contribution in [0.4, 0.5) is 16.2 Å². The number of urea groups is 1. The van der Waals surface area contributed by atoms with Crippen LogP contribution >= 0.6 is 11.6 Å². The number of fused-ring (bicyclic) bond motifs is 1. The molecule has 0 aliphatic carbocycles. The Bertz CT molecular complexity index is 1320. The predicted octanol–water partition coefficient (Wildman–Crippen LogP) is 4.35. The number of hydrogen-bond donors (Lipinski definition) is 2. The number of carbonyl (C=O) groups excluding carboxylic acids is 1. The van der Waals surface area contributed by atoms with Crippen LogP contribution in [0.3, 0.4) is 0 Å². The highest BCUT2D eigenvalue weighted by molar-refractivity contribution is 6.31. The molecule has 0 spiro atoms. The maximum Gasteiger partial charge on any atom is 0.323 e. The highest BCUT2D eigenvalue weighted by atomic mass is 35.5. The van der Waals surface area contributed by atoms with Gasteiger partial charge in [0.1, 0.15) is 18.7 Å². The first kappa shape index (κ1) is 21.4. The lowest BCUT2D eigenvalue weighted by atomic mass is 10.3. The number of hydrogen-bond acceptors (Lipinski definition) is 5. The average molecular weight is 453 g/mol. The minimum atomic E-state index is -0.444. The number of aromatic nitrogens is 4. The summed E-state index contributed by atoms with van der Waals surface area (Å²) in [5.41, 5.74) is 1.19. The van der Waals surface area contributed by atoms with Gasteiger partial charge in [-0.3, -0.25) is 9.48 Å². The average Bonchev–Trinajstić information content (AvgIpc) is 3.19. The molecule has 0 fully saturated rings. The molecule has 2 aromatic carbocycles. The Morgan fingerprint density at radius 1 is 1.12 bits per heavy atom. The van der Waals surface area contributed by atoms with Crippen molar-refractivity contribution in [1.29, 1.82) is 0 Å². The van der Waals surface area contributed by atoms with Crippen molar-refractivity contribution in [3.05, 3.63) is 82.0 Å². The zero-order chi connectivity index (χ0) is 22.7. The van der Waals surface area contributed by atoms with Crippen molar-refractivity contribution in [1.82, 2.24) is 19.2 Å². The Morgan fingerprint density at radius 2 is 1.91 bits per heavy atom. The van der Waals surface area contributed by atoms with Crippen molar-refractivity contribution in [3.63, 3.8) is 0 Å². The van der Waals surface area contributed by atoms with Crippen molar-refractivity contribution in [2.24, 2.45) is 0 Å². The molecule has 32 heavy (non-hydrogen) atoms. The van der Waals surface area contributed by atoms with E-state index in [1.54, 1.807) is 41.3 Å². The monoisotopic (exact) mass is 452 g/mol. The SMILES string of the molecule is CC(C)n1cnc2nc(COc3ccc(Cl)cc3NC(=O)Nc3ccccc3)cc(=O)n21. The molecule has 2 amide bonds. The van der Waals surface area contributed by atoms with E-state index in [2.05, 4.69) is 20.6 Å². The number of carbonyl (C=O) groups is 1. The number of nitrogens with one attached hydrogen (secondary N) is 2. The minimum absolute atomic E-state index is 0.0108. The van der Waals surface area contributed by atoms with Gasteiger partial charge < -0.3 is 15.4 Å². The van der Waals surface area contributed by atoms with Crippen molar-refractivity contribution in [2.45, 2.75) is 26.5 Å². The van der Waals surface area contributed by atoms with E-state index in [1.807, 2.05) is 32.0 Å². The Hall–Kier alpha value is -3.85. The second-order valence-electron chi connectivity index (χ2n) is 7.29. The Labute approximate surface area is 188 Å². The lowest BCUT2D eigenvalue weighted by molar-refractivity contribution is 0.261. The van der Waals surface area contributed by atoms with E-state index in [0.29, 0.717) is 33.6 Å². The first-order chi connectivity index (χ1) is 15.4. The van der Waals surface area contributed by atoms with Gasteiger partial charge in [0.25, 0.3) is 11.3 Å². The maximum absolute atomic E-state index is 12.6. The topological polar surface area (TPSA) is 103 Å². The van der Waals surface area contributed by atoms with E-state index in [4.69, 9.17) is 16.3 Å². The molecule has 10 heteroatoms. The number of para-hydroxylation sites is 1. The number of anilines is 2. The first-order valence-corrected chi connectivity index (χ1v) is 10.3. The van der Waals surface area contributed by atoms with E-state index < -0.39 is 6.03 Å². The molecular formula is C22H21ClN6O3. The normalized spacial score (nSPS) is 11.0. The van der Waals surface area contributed by atoms with E-state index in [9.17, 15) is 9.59 Å². The van der Waals surface area contributed by atoms with Crippen LogP contribution in [0.15, 0.2) is 65.7 Å². The Kier molecular flexibility index (Phi) is 6.09. The molecule has 2 aromatic heterocycles. The van der Waals surface area contributed by atoms with Gasteiger partial charge in [0.2, 0.25) is 0 Å². The van der Waals surface area contributed by atoms with Gasteiger partial charge in [-0.1, -0.05) is 29.8 Å². The van der Waals surface area contributed by atoms with Gasteiger partial charge in [-0.2, -0.15) is 9.50 Å². The molecule has 4 aromatic rings. The molecule has 0 radical (unpaired) electrons. The molecule has 0 saturated heterocycles. The number of nitrogens with zero attached hydrogens (tertiary/aromatic N) is 4. The molecular weight excluding hydrogens is 432 g/mol. The zero-order valence-corrected chi connectivity index (χ0v) is 18.2.